The van der Waals surface area contributed by atoms with Crippen molar-refractivity contribution < 1.29 is 0 Å². The third-order valence-corrected chi connectivity index (χ3v) is 4.20. The van der Waals surface area contributed by atoms with Crippen molar-refractivity contribution in [2.45, 2.75) is 19.8 Å². The van der Waals surface area contributed by atoms with Gasteiger partial charge < -0.3 is 9.97 Å². The largest absolute Gasteiger partial charge is 0.342 e. The molecule has 20 heavy (non-hydrogen) atoms. The highest BCUT2D eigenvalue weighted by atomic mass is 127. The monoisotopic (exact) mass is 380 g/mol. The number of H-pyrrole nitrogens is 2. The second-order valence-electron chi connectivity index (χ2n) is 4.50. The molecular formula is C14H13IN4O. The van der Waals surface area contributed by atoms with E-state index in [1.54, 1.807) is 0 Å². The Morgan fingerprint density at radius 2 is 1.90 bits per heavy atom. The van der Waals surface area contributed by atoms with Crippen molar-refractivity contribution in [3.63, 3.8) is 0 Å². The average molecular weight is 380 g/mol. The molecule has 2 heterocycles. The number of hydrogen-bond donors (Lipinski definition) is 2. The molecule has 5 nitrogen and oxygen atoms in total. The zero-order valence-electron chi connectivity index (χ0n) is 10.9. The number of fused-ring (bicyclic) bond motifs is 1. The van der Waals surface area contributed by atoms with Crippen LogP contribution in [0.5, 0.6) is 0 Å². The standard InChI is InChI=1S/C14H13IN4O/c1-2-8-13(15)14(20)19-12(16-8)7-11-17-9-5-3-4-6-10(9)18-11/h3-6H,2,7H2,1H3,(H,17,18)(H,16,19,20). The molecule has 2 N–H and O–H groups in total. The Morgan fingerprint density at radius 3 is 2.65 bits per heavy atom. The highest BCUT2D eigenvalue weighted by Gasteiger charge is 2.09. The Bertz CT molecular complexity index is 788. The van der Waals surface area contributed by atoms with Crippen LogP contribution < -0.4 is 5.56 Å². The van der Waals surface area contributed by atoms with Crippen LogP contribution in [0.25, 0.3) is 11.0 Å². The van der Waals surface area contributed by atoms with Gasteiger partial charge in [-0.1, -0.05) is 19.1 Å². The van der Waals surface area contributed by atoms with E-state index in [1.165, 1.54) is 0 Å². The summed E-state index contributed by atoms with van der Waals surface area (Å²) in [4.78, 5) is 26.9. The molecule has 0 fully saturated rings. The van der Waals surface area contributed by atoms with Gasteiger partial charge in [-0.2, -0.15) is 0 Å². The minimum atomic E-state index is -0.0800. The zero-order chi connectivity index (χ0) is 14.1. The summed E-state index contributed by atoms with van der Waals surface area (Å²) in [5.74, 6) is 1.45. The lowest BCUT2D eigenvalue weighted by Crippen LogP contribution is -2.18. The van der Waals surface area contributed by atoms with Gasteiger partial charge in [-0.05, 0) is 41.1 Å². The van der Waals surface area contributed by atoms with Crippen LogP contribution in [0.4, 0.5) is 0 Å². The summed E-state index contributed by atoms with van der Waals surface area (Å²) in [6, 6.07) is 7.85. The summed E-state index contributed by atoms with van der Waals surface area (Å²) in [6.45, 7) is 1.99. The normalized spacial score (nSPS) is 11.1. The number of aromatic nitrogens is 4. The third-order valence-electron chi connectivity index (χ3n) is 3.09. The molecular weight excluding hydrogens is 367 g/mol. The van der Waals surface area contributed by atoms with Crippen molar-refractivity contribution in [2.75, 3.05) is 0 Å². The van der Waals surface area contributed by atoms with Crippen LogP contribution in [0.2, 0.25) is 0 Å². The molecule has 0 aliphatic heterocycles. The number of benzene rings is 1. The van der Waals surface area contributed by atoms with E-state index >= 15 is 0 Å². The highest BCUT2D eigenvalue weighted by Crippen LogP contribution is 2.12. The first-order valence-electron chi connectivity index (χ1n) is 6.38. The van der Waals surface area contributed by atoms with Gasteiger partial charge in [0.2, 0.25) is 0 Å². The summed E-state index contributed by atoms with van der Waals surface area (Å²) < 4.78 is 0.665. The van der Waals surface area contributed by atoms with Crippen LogP contribution in [0.15, 0.2) is 29.1 Å². The summed E-state index contributed by atoms with van der Waals surface area (Å²) >= 11 is 2.03. The molecule has 0 amide bonds. The summed E-state index contributed by atoms with van der Waals surface area (Å²) in [6.07, 6.45) is 1.24. The van der Waals surface area contributed by atoms with Crippen molar-refractivity contribution in [3.8, 4) is 0 Å². The lowest BCUT2D eigenvalue weighted by atomic mass is 10.3. The van der Waals surface area contributed by atoms with Gasteiger partial charge in [-0.25, -0.2) is 9.97 Å². The van der Waals surface area contributed by atoms with Gasteiger partial charge >= 0.3 is 0 Å². The van der Waals surface area contributed by atoms with Crippen LogP contribution in [-0.4, -0.2) is 19.9 Å². The maximum absolute atomic E-state index is 11.8. The fraction of sp³-hybridized carbons (Fsp3) is 0.214. The number of nitrogens with one attached hydrogen (secondary N) is 2. The molecule has 1 aromatic carbocycles. The molecule has 0 spiro atoms. The second kappa shape index (κ2) is 5.35. The number of aryl methyl sites for hydroxylation is 1. The van der Waals surface area contributed by atoms with Crippen molar-refractivity contribution in [1.82, 2.24) is 19.9 Å². The van der Waals surface area contributed by atoms with E-state index < -0.39 is 0 Å². The molecule has 0 saturated heterocycles. The number of hydrogen-bond acceptors (Lipinski definition) is 3. The molecule has 3 rings (SSSR count). The van der Waals surface area contributed by atoms with Crippen LogP contribution in [0.3, 0.4) is 0 Å². The first-order chi connectivity index (χ1) is 9.67. The number of imidazole rings is 1. The number of nitrogens with zero attached hydrogens (tertiary/aromatic N) is 2. The predicted molar refractivity (Wildman–Crippen MR) is 85.9 cm³/mol. The molecule has 0 saturated carbocycles. The SMILES string of the molecule is CCc1nc(Cc2nc3ccccc3[nH]2)[nH]c(=O)c1I. The van der Waals surface area contributed by atoms with Crippen molar-refractivity contribution in [1.29, 1.82) is 0 Å². The van der Waals surface area contributed by atoms with Crippen LogP contribution in [-0.2, 0) is 12.8 Å². The Morgan fingerprint density at radius 1 is 1.15 bits per heavy atom. The van der Waals surface area contributed by atoms with Gasteiger partial charge in [0, 0.05) is 0 Å². The number of halogens is 1. The smallest absolute Gasteiger partial charge is 0.264 e. The highest BCUT2D eigenvalue weighted by molar-refractivity contribution is 14.1. The lowest BCUT2D eigenvalue weighted by Gasteiger charge is -2.03. The van der Waals surface area contributed by atoms with Crippen LogP contribution >= 0.6 is 22.6 Å². The Labute approximate surface area is 129 Å². The Balaban J connectivity index is 1.98. The molecule has 0 atom stereocenters. The van der Waals surface area contributed by atoms with Crippen LogP contribution in [0, 0.1) is 3.57 Å². The van der Waals surface area contributed by atoms with E-state index in [0.717, 1.165) is 29.0 Å². The summed E-state index contributed by atoms with van der Waals surface area (Å²) in [7, 11) is 0. The molecule has 0 radical (unpaired) electrons. The number of rotatable bonds is 3. The predicted octanol–water partition coefficient (Wildman–Crippen LogP) is 2.40. The van der Waals surface area contributed by atoms with E-state index in [4.69, 9.17) is 0 Å². The topological polar surface area (TPSA) is 74.4 Å². The zero-order valence-corrected chi connectivity index (χ0v) is 13.1. The molecule has 102 valence electrons. The van der Waals surface area contributed by atoms with E-state index in [-0.39, 0.29) is 5.56 Å². The van der Waals surface area contributed by atoms with Crippen LogP contribution in [0.1, 0.15) is 24.3 Å². The van der Waals surface area contributed by atoms with Gasteiger partial charge in [-0.3, -0.25) is 4.79 Å². The molecule has 6 heteroatoms. The first-order valence-corrected chi connectivity index (χ1v) is 7.46. The van der Waals surface area contributed by atoms with Gasteiger partial charge in [0.1, 0.15) is 11.6 Å². The van der Waals surface area contributed by atoms with Gasteiger partial charge in [0.05, 0.1) is 26.7 Å². The number of para-hydroxylation sites is 2. The molecule has 3 aromatic rings. The van der Waals surface area contributed by atoms with Crippen molar-refractivity contribution >= 4 is 33.6 Å². The average Bonchev–Trinajstić information content (AvgIpc) is 2.84. The first kappa shape index (κ1) is 13.3. The lowest BCUT2D eigenvalue weighted by molar-refractivity contribution is 0.853. The van der Waals surface area contributed by atoms with Gasteiger partial charge in [0.15, 0.2) is 0 Å². The van der Waals surface area contributed by atoms with E-state index in [9.17, 15) is 4.79 Å². The Hall–Kier alpha value is -1.70. The molecule has 0 aliphatic rings. The minimum Gasteiger partial charge on any atom is -0.342 e. The van der Waals surface area contributed by atoms with Crippen molar-refractivity contribution in [3.05, 3.63) is 55.5 Å². The van der Waals surface area contributed by atoms with E-state index in [0.29, 0.717) is 15.8 Å². The molecule has 2 aromatic heterocycles. The fourth-order valence-electron chi connectivity index (χ4n) is 2.12. The number of aromatic amines is 2. The van der Waals surface area contributed by atoms with E-state index in [1.807, 2.05) is 53.8 Å². The van der Waals surface area contributed by atoms with Gasteiger partial charge in [-0.15, -0.1) is 0 Å². The summed E-state index contributed by atoms with van der Waals surface area (Å²) in [5.41, 5.74) is 2.67. The second-order valence-corrected chi connectivity index (χ2v) is 5.58. The minimum absolute atomic E-state index is 0.0800. The fourth-order valence-corrected chi connectivity index (χ4v) is 2.76. The molecule has 0 aliphatic carbocycles. The van der Waals surface area contributed by atoms with Crippen molar-refractivity contribution in [2.24, 2.45) is 0 Å². The summed E-state index contributed by atoms with van der Waals surface area (Å²) in [5, 5.41) is 0. The Kier molecular flexibility index (Phi) is 3.56. The van der Waals surface area contributed by atoms with Gasteiger partial charge in [0.25, 0.3) is 5.56 Å². The maximum atomic E-state index is 11.8. The maximum Gasteiger partial charge on any atom is 0.264 e. The third kappa shape index (κ3) is 2.47. The quantitative estimate of drug-likeness (QED) is 0.686. The van der Waals surface area contributed by atoms with E-state index in [2.05, 4.69) is 19.9 Å². The molecule has 0 unspecified atom stereocenters. The molecule has 0 bridgehead atoms.